The van der Waals surface area contributed by atoms with Gasteiger partial charge in [0.1, 0.15) is 0 Å². The predicted molar refractivity (Wildman–Crippen MR) is 74.0 cm³/mol. The van der Waals surface area contributed by atoms with E-state index in [1.165, 1.54) is 5.56 Å². The van der Waals surface area contributed by atoms with Gasteiger partial charge in [0.05, 0.1) is 14.2 Å². The van der Waals surface area contributed by atoms with E-state index in [0.29, 0.717) is 0 Å². The number of methoxy groups -OCH3 is 2. The molecule has 0 aliphatic heterocycles. The molecule has 1 N–H and O–H groups in total. The zero-order valence-electron chi connectivity index (χ0n) is 11.3. The van der Waals surface area contributed by atoms with Crippen molar-refractivity contribution in [3.05, 3.63) is 23.8 Å². The molecule has 1 unspecified atom stereocenters. The maximum Gasteiger partial charge on any atom is 0.161 e. The highest BCUT2D eigenvalue weighted by Gasteiger charge is 2.09. The van der Waals surface area contributed by atoms with E-state index < -0.39 is 0 Å². The van der Waals surface area contributed by atoms with Crippen LogP contribution in [0.2, 0.25) is 0 Å². The summed E-state index contributed by atoms with van der Waals surface area (Å²) in [5.74, 6) is 4.15. The number of benzene rings is 1. The Morgan fingerprint density at radius 2 is 2.00 bits per heavy atom. The van der Waals surface area contributed by atoms with Crippen LogP contribution in [0.5, 0.6) is 11.5 Å². The third-order valence-electron chi connectivity index (χ3n) is 2.86. The molecule has 0 saturated carbocycles. The predicted octanol–water partition coefficient (Wildman–Crippen LogP) is 2.77. The van der Waals surface area contributed by atoms with Crippen LogP contribution >= 0.6 is 0 Å². The summed E-state index contributed by atoms with van der Waals surface area (Å²) in [7, 11) is 3.28. The van der Waals surface area contributed by atoms with Crippen molar-refractivity contribution in [2.75, 3.05) is 20.8 Å². The lowest BCUT2D eigenvalue weighted by Crippen LogP contribution is -2.19. The molecule has 0 bridgehead atoms. The van der Waals surface area contributed by atoms with Gasteiger partial charge in [-0.2, -0.15) is 0 Å². The Hall–Kier alpha value is -1.66. The molecular formula is C15H21NO2. The molecule has 0 saturated heterocycles. The van der Waals surface area contributed by atoms with Crippen molar-refractivity contribution in [3.63, 3.8) is 0 Å². The highest BCUT2D eigenvalue weighted by molar-refractivity contribution is 5.43. The van der Waals surface area contributed by atoms with E-state index >= 15 is 0 Å². The smallest absolute Gasteiger partial charge is 0.161 e. The third-order valence-corrected chi connectivity index (χ3v) is 2.86. The molecule has 1 aromatic rings. The van der Waals surface area contributed by atoms with E-state index in [1.807, 2.05) is 18.2 Å². The molecule has 1 rings (SSSR count). The molecular weight excluding hydrogens is 226 g/mol. The minimum Gasteiger partial charge on any atom is -0.493 e. The summed E-state index contributed by atoms with van der Waals surface area (Å²) in [5.41, 5.74) is 1.17. The average molecular weight is 247 g/mol. The van der Waals surface area contributed by atoms with Crippen molar-refractivity contribution in [2.45, 2.75) is 25.8 Å². The van der Waals surface area contributed by atoms with Crippen LogP contribution in [0, 0.1) is 12.3 Å². The first-order valence-electron chi connectivity index (χ1n) is 6.11. The molecule has 1 aromatic carbocycles. The number of hydrogen-bond donors (Lipinski definition) is 1. The second kappa shape index (κ2) is 7.62. The van der Waals surface area contributed by atoms with Gasteiger partial charge in [-0.15, -0.1) is 12.3 Å². The first-order valence-corrected chi connectivity index (χ1v) is 6.11. The van der Waals surface area contributed by atoms with Crippen LogP contribution in [0.25, 0.3) is 0 Å². The molecule has 18 heavy (non-hydrogen) atoms. The largest absolute Gasteiger partial charge is 0.493 e. The average Bonchev–Trinajstić information content (AvgIpc) is 2.42. The summed E-state index contributed by atoms with van der Waals surface area (Å²) in [6.07, 6.45) is 7.02. The Kier molecular flexibility index (Phi) is 6.10. The maximum absolute atomic E-state index is 5.29. The molecule has 0 aliphatic rings. The third kappa shape index (κ3) is 3.97. The number of unbranched alkanes of at least 4 members (excludes halogenated alkanes) is 1. The van der Waals surface area contributed by atoms with Crippen molar-refractivity contribution in [2.24, 2.45) is 0 Å². The van der Waals surface area contributed by atoms with E-state index in [2.05, 4.69) is 18.2 Å². The Bertz CT molecular complexity index is 409. The van der Waals surface area contributed by atoms with Crippen LogP contribution in [0.1, 0.15) is 31.4 Å². The van der Waals surface area contributed by atoms with Crippen molar-refractivity contribution >= 4 is 0 Å². The maximum atomic E-state index is 5.29. The fourth-order valence-electron chi connectivity index (χ4n) is 1.75. The Labute approximate surface area is 109 Å². The molecule has 0 fully saturated rings. The lowest BCUT2D eigenvalue weighted by atomic mass is 10.1. The van der Waals surface area contributed by atoms with Gasteiger partial charge in [-0.05, 0) is 37.6 Å². The summed E-state index contributed by atoms with van der Waals surface area (Å²) >= 11 is 0. The fraction of sp³-hybridized carbons (Fsp3) is 0.467. The minimum absolute atomic E-state index is 0.266. The Morgan fingerprint density at radius 1 is 1.28 bits per heavy atom. The summed E-state index contributed by atoms with van der Waals surface area (Å²) in [6, 6.07) is 6.23. The van der Waals surface area contributed by atoms with Crippen LogP contribution < -0.4 is 14.8 Å². The number of ether oxygens (including phenoxy) is 2. The van der Waals surface area contributed by atoms with Crippen LogP contribution in [-0.4, -0.2) is 20.8 Å². The van der Waals surface area contributed by atoms with Crippen molar-refractivity contribution in [1.29, 1.82) is 0 Å². The molecule has 0 heterocycles. The summed E-state index contributed by atoms with van der Waals surface area (Å²) < 4.78 is 10.5. The normalized spacial score (nSPS) is 11.7. The second-order valence-corrected chi connectivity index (χ2v) is 4.10. The van der Waals surface area contributed by atoms with Gasteiger partial charge in [0.2, 0.25) is 0 Å². The molecule has 1 atom stereocenters. The molecule has 3 nitrogen and oxygen atoms in total. The number of nitrogens with one attached hydrogen (secondary N) is 1. The van der Waals surface area contributed by atoms with Crippen LogP contribution in [0.4, 0.5) is 0 Å². The lowest BCUT2D eigenvalue weighted by molar-refractivity contribution is 0.354. The molecule has 98 valence electrons. The Morgan fingerprint density at radius 3 is 2.61 bits per heavy atom. The zero-order valence-corrected chi connectivity index (χ0v) is 11.3. The molecule has 0 spiro atoms. The molecule has 0 amide bonds. The number of rotatable bonds is 7. The topological polar surface area (TPSA) is 30.5 Å². The summed E-state index contributed by atoms with van der Waals surface area (Å²) in [4.78, 5) is 0. The van der Waals surface area contributed by atoms with Gasteiger partial charge in [0.15, 0.2) is 11.5 Å². The minimum atomic E-state index is 0.266. The SMILES string of the molecule is C#CCCCNC(C)c1ccc(OC)c(OC)c1. The fourth-order valence-corrected chi connectivity index (χ4v) is 1.75. The monoisotopic (exact) mass is 247 g/mol. The van der Waals surface area contributed by atoms with E-state index in [9.17, 15) is 0 Å². The second-order valence-electron chi connectivity index (χ2n) is 4.10. The number of terminal acetylenes is 1. The van der Waals surface area contributed by atoms with Crippen LogP contribution in [0.3, 0.4) is 0 Å². The first-order chi connectivity index (χ1) is 8.72. The van der Waals surface area contributed by atoms with Crippen molar-refractivity contribution in [1.82, 2.24) is 5.32 Å². The van der Waals surface area contributed by atoms with Crippen molar-refractivity contribution < 1.29 is 9.47 Å². The van der Waals surface area contributed by atoms with Gasteiger partial charge in [0.25, 0.3) is 0 Å². The zero-order chi connectivity index (χ0) is 13.4. The van der Waals surface area contributed by atoms with E-state index in [4.69, 9.17) is 15.9 Å². The van der Waals surface area contributed by atoms with E-state index in [0.717, 1.165) is 30.9 Å². The quantitative estimate of drug-likeness (QED) is 0.593. The van der Waals surface area contributed by atoms with Gasteiger partial charge in [-0.3, -0.25) is 0 Å². The van der Waals surface area contributed by atoms with Gasteiger partial charge >= 0.3 is 0 Å². The molecule has 0 aromatic heterocycles. The van der Waals surface area contributed by atoms with Gasteiger partial charge in [0, 0.05) is 12.5 Å². The van der Waals surface area contributed by atoms with Gasteiger partial charge in [-0.1, -0.05) is 6.07 Å². The molecule has 0 aliphatic carbocycles. The molecule has 3 heteroatoms. The first kappa shape index (κ1) is 14.4. The lowest BCUT2D eigenvalue weighted by Gasteiger charge is -2.16. The van der Waals surface area contributed by atoms with Crippen molar-refractivity contribution in [3.8, 4) is 23.8 Å². The highest BCUT2D eigenvalue weighted by Crippen LogP contribution is 2.29. The standard InChI is InChI=1S/C15H21NO2/c1-5-6-7-10-16-12(2)13-8-9-14(17-3)15(11-13)18-4/h1,8-9,11-12,16H,6-7,10H2,2-4H3. The summed E-state index contributed by atoms with van der Waals surface area (Å²) in [5, 5.41) is 3.43. The van der Waals surface area contributed by atoms with E-state index in [1.54, 1.807) is 14.2 Å². The van der Waals surface area contributed by atoms with E-state index in [-0.39, 0.29) is 6.04 Å². The van der Waals surface area contributed by atoms with Gasteiger partial charge in [-0.25, -0.2) is 0 Å². The number of hydrogen-bond acceptors (Lipinski definition) is 3. The Balaban J connectivity index is 2.63. The highest BCUT2D eigenvalue weighted by atomic mass is 16.5. The van der Waals surface area contributed by atoms with Crippen LogP contribution in [-0.2, 0) is 0 Å². The van der Waals surface area contributed by atoms with Crippen LogP contribution in [0.15, 0.2) is 18.2 Å². The van der Waals surface area contributed by atoms with Gasteiger partial charge < -0.3 is 14.8 Å². The summed E-state index contributed by atoms with van der Waals surface area (Å²) in [6.45, 7) is 3.04. The molecule has 0 radical (unpaired) electrons.